The van der Waals surface area contributed by atoms with Gasteiger partial charge in [0, 0.05) is 28.8 Å². The molecular weight excluding hydrogens is 385 g/mol. The molecule has 0 aliphatic carbocycles. The Morgan fingerprint density at radius 2 is 1.80 bits per heavy atom. The van der Waals surface area contributed by atoms with E-state index in [1.165, 1.54) is 4.90 Å². The second kappa shape index (κ2) is 7.52. The molecule has 0 atom stereocenters. The molecule has 1 heterocycles. The van der Waals surface area contributed by atoms with Crippen molar-refractivity contribution in [3.05, 3.63) is 57.5 Å². The van der Waals surface area contributed by atoms with Gasteiger partial charge < -0.3 is 10.2 Å². The summed E-state index contributed by atoms with van der Waals surface area (Å²) in [5, 5.41) is 4.07. The zero-order chi connectivity index (χ0) is 18.0. The molecule has 0 aromatic heterocycles. The lowest BCUT2D eigenvalue weighted by Crippen LogP contribution is -2.37. The van der Waals surface area contributed by atoms with Gasteiger partial charge in [-0.2, -0.15) is 0 Å². The second-order valence-electron chi connectivity index (χ2n) is 5.51. The van der Waals surface area contributed by atoms with E-state index in [4.69, 9.17) is 34.8 Å². The summed E-state index contributed by atoms with van der Waals surface area (Å²) in [4.78, 5) is 27.8. The highest BCUT2D eigenvalue weighted by atomic mass is 35.5. The summed E-state index contributed by atoms with van der Waals surface area (Å²) in [5.74, 6) is -0.342. The molecule has 5 nitrogen and oxygen atoms in total. The highest BCUT2D eigenvalue weighted by molar-refractivity contribution is 6.35. The minimum Gasteiger partial charge on any atom is -0.323 e. The van der Waals surface area contributed by atoms with Crippen molar-refractivity contribution in [2.45, 2.75) is 0 Å². The number of rotatable bonds is 4. The maximum Gasteiger partial charge on any atom is 0.325 e. The van der Waals surface area contributed by atoms with E-state index in [1.807, 2.05) is 0 Å². The van der Waals surface area contributed by atoms with Gasteiger partial charge in [-0.15, -0.1) is 0 Å². The number of carbonyl (C=O) groups is 2. The first-order valence-corrected chi connectivity index (χ1v) is 8.64. The van der Waals surface area contributed by atoms with E-state index in [2.05, 4.69) is 5.32 Å². The van der Waals surface area contributed by atoms with Gasteiger partial charge in [0.1, 0.15) is 6.54 Å². The summed E-state index contributed by atoms with van der Waals surface area (Å²) in [7, 11) is 0. The summed E-state index contributed by atoms with van der Waals surface area (Å²) in [6.45, 7) is 0.866. The average molecular weight is 399 g/mol. The van der Waals surface area contributed by atoms with Crippen LogP contribution in [-0.4, -0.2) is 36.5 Å². The summed E-state index contributed by atoms with van der Waals surface area (Å²) in [6.07, 6.45) is 0. The molecule has 2 aromatic carbocycles. The van der Waals surface area contributed by atoms with Crippen molar-refractivity contribution >= 4 is 58.1 Å². The maximum atomic E-state index is 12.5. The summed E-state index contributed by atoms with van der Waals surface area (Å²) >= 11 is 17.9. The first-order chi connectivity index (χ1) is 11.9. The molecule has 2 aromatic rings. The van der Waals surface area contributed by atoms with Crippen molar-refractivity contribution in [1.29, 1.82) is 0 Å². The van der Waals surface area contributed by atoms with E-state index >= 15 is 0 Å². The van der Waals surface area contributed by atoms with Crippen LogP contribution >= 0.6 is 34.8 Å². The Morgan fingerprint density at radius 3 is 2.56 bits per heavy atom. The number of halogens is 3. The summed E-state index contributed by atoms with van der Waals surface area (Å²) < 4.78 is 0. The number of hydrogen-bond acceptors (Lipinski definition) is 2. The Morgan fingerprint density at radius 1 is 1.04 bits per heavy atom. The van der Waals surface area contributed by atoms with Crippen molar-refractivity contribution in [3.8, 4) is 0 Å². The van der Waals surface area contributed by atoms with Crippen LogP contribution in [0, 0.1) is 0 Å². The van der Waals surface area contributed by atoms with E-state index in [0.717, 1.165) is 0 Å². The Balaban J connectivity index is 1.64. The third-order valence-electron chi connectivity index (χ3n) is 3.75. The van der Waals surface area contributed by atoms with Crippen LogP contribution in [0.2, 0.25) is 15.1 Å². The quantitative estimate of drug-likeness (QED) is 0.823. The van der Waals surface area contributed by atoms with E-state index in [-0.39, 0.29) is 18.5 Å². The molecule has 0 unspecified atom stereocenters. The van der Waals surface area contributed by atoms with Crippen molar-refractivity contribution in [3.63, 3.8) is 0 Å². The van der Waals surface area contributed by atoms with Gasteiger partial charge >= 0.3 is 6.03 Å². The lowest BCUT2D eigenvalue weighted by Gasteiger charge is -2.18. The highest BCUT2D eigenvalue weighted by Gasteiger charge is 2.31. The smallest absolute Gasteiger partial charge is 0.323 e. The van der Waals surface area contributed by atoms with Crippen LogP contribution in [-0.2, 0) is 4.79 Å². The zero-order valence-electron chi connectivity index (χ0n) is 13.0. The van der Waals surface area contributed by atoms with E-state index in [9.17, 15) is 9.59 Å². The lowest BCUT2D eigenvalue weighted by atomic mass is 10.3. The Labute approximate surface area is 160 Å². The van der Waals surface area contributed by atoms with Gasteiger partial charge in [0.15, 0.2) is 0 Å². The van der Waals surface area contributed by atoms with E-state index in [1.54, 1.807) is 47.4 Å². The minimum absolute atomic E-state index is 0.0707. The van der Waals surface area contributed by atoms with Crippen LogP contribution < -0.4 is 10.2 Å². The van der Waals surface area contributed by atoms with Crippen LogP contribution in [0.3, 0.4) is 0 Å². The topological polar surface area (TPSA) is 52.7 Å². The number of urea groups is 1. The summed E-state index contributed by atoms with van der Waals surface area (Å²) in [6, 6.07) is 11.6. The fourth-order valence-corrected chi connectivity index (χ4v) is 3.09. The van der Waals surface area contributed by atoms with E-state index < -0.39 is 0 Å². The standard InChI is InChI=1S/C17H14Cl3N3O2/c18-11-2-1-3-13(8-11)23-7-6-22(17(23)25)10-16(24)21-15-9-12(19)4-5-14(15)20/h1-5,8-9H,6-7,10H2,(H,21,24). The minimum atomic E-state index is -0.342. The summed E-state index contributed by atoms with van der Waals surface area (Å²) in [5.41, 5.74) is 1.12. The Hall–Kier alpha value is -1.95. The van der Waals surface area contributed by atoms with Gasteiger partial charge in [-0.3, -0.25) is 9.69 Å². The van der Waals surface area contributed by atoms with Gasteiger partial charge in [0.25, 0.3) is 0 Å². The molecule has 0 radical (unpaired) electrons. The van der Waals surface area contributed by atoms with Crippen LogP contribution in [0.4, 0.5) is 16.2 Å². The molecule has 1 N–H and O–H groups in total. The van der Waals surface area contributed by atoms with Gasteiger partial charge in [-0.25, -0.2) is 4.79 Å². The number of carbonyl (C=O) groups excluding carboxylic acids is 2. The van der Waals surface area contributed by atoms with Gasteiger partial charge in [0.2, 0.25) is 5.91 Å². The normalized spacial score (nSPS) is 14.1. The van der Waals surface area contributed by atoms with E-state index in [0.29, 0.717) is 39.5 Å². The molecule has 0 spiro atoms. The number of anilines is 2. The Bertz CT molecular complexity index is 829. The molecule has 1 saturated heterocycles. The largest absolute Gasteiger partial charge is 0.325 e. The molecule has 8 heteroatoms. The molecule has 25 heavy (non-hydrogen) atoms. The monoisotopic (exact) mass is 397 g/mol. The molecule has 1 aliphatic rings. The number of nitrogens with zero attached hydrogens (tertiary/aromatic N) is 2. The first-order valence-electron chi connectivity index (χ1n) is 7.51. The SMILES string of the molecule is O=C(CN1CCN(c2cccc(Cl)c2)C1=O)Nc1cc(Cl)ccc1Cl. The number of hydrogen-bond donors (Lipinski definition) is 1. The fraction of sp³-hybridized carbons (Fsp3) is 0.176. The number of nitrogens with one attached hydrogen (secondary N) is 1. The molecule has 3 rings (SSSR count). The fourth-order valence-electron chi connectivity index (χ4n) is 2.57. The zero-order valence-corrected chi connectivity index (χ0v) is 15.3. The third-order valence-corrected chi connectivity index (χ3v) is 4.55. The van der Waals surface area contributed by atoms with Crippen LogP contribution in [0.1, 0.15) is 0 Å². The van der Waals surface area contributed by atoms with Crippen LogP contribution in [0.15, 0.2) is 42.5 Å². The highest BCUT2D eigenvalue weighted by Crippen LogP contribution is 2.26. The number of benzene rings is 2. The van der Waals surface area contributed by atoms with Crippen molar-refractivity contribution in [1.82, 2.24) is 4.90 Å². The average Bonchev–Trinajstić information content (AvgIpc) is 2.92. The third kappa shape index (κ3) is 4.18. The van der Waals surface area contributed by atoms with Gasteiger partial charge in [0.05, 0.1) is 10.7 Å². The predicted molar refractivity (Wildman–Crippen MR) is 101 cm³/mol. The molecule has 1 fully saturated rings. The molecule has 1 aliphatic heterocycles. The molecular formula is C17H14Cl3N3O2. The molecule has 3 amide bonds. The lowest BCUT2D eigenvalue weighted by molar-refractivity contribution is -0.116. The van der Waals surface area contributed by atoms with Crippen LogP contribution in [0.25, 0.3) is 0 Å². The molecule has 0 bridgehead atoms. The molecule has 130 valence electrons. The van der Waals surface area contributed by atoms with Crippen molar-refractivity contribution < 1.29 is 9.59 Å². The maximum absolute atomic E-state index is 12.5. The van der Waals surface area contributed by atoms with Gasteiger partial charge in [-0.05, 0) is 36.4 Å². The second-order valence-corrected chi connectivity index (χ2v) is 6.79. The predicted octanol–water partition coefficient (Wildman–Crippen LogP) is 4.53. The van der Waals surface area contributed by atoms with Crippen LogP contribution in [0.5, 0.6) is 0 Å². The Kier molecular flexibility index (Phi) is 5.37. The van der Waals surface area contributed by atoms with Crippen molar-refractivity contribution in [2.24, 2.45) is 0 Å². The number of amides is 3. The van der Waals surface area contributed by atoms with Crippen molar-refractivity contribution in [2.75, 3.05) is 29.9 Å². The van der Waals surface area contributed by atoms with Gasteiger partial charge in [-0.1, -0.05) is 40.9 Å². The molecule has 0 saturated carbocycles. The first kappa shape index (κ1) is 17.9.